The zero-order chi connectivity index (χ0) is 13.7. The Morgan fingerprint density at radius 3 is 2.74 bits per heavy atom. The number of nitrogens with zero attached hydrogens (tertiary/aromatic N) is 2. The number of nitrogens with one attached hydrogen (secondary N) is 1. The van der Waals surface area contributed by atoms with E-state index in [2.05, 4.69) is 35.9 Å². The molecule has 19 heavy (non-hydrogen) atoms. The van der Waals surface area contributed by atoms with Gasteiger partial charge >= 0.3 is 0 Å². The molecular weight excluding hydrogens is 234 g/mol. The number of hydrogen-bond donors (Lipinski definition) is 1. The minimum atomic E-state index is 0.651. The van der Waals surface area contributed by atoms with Gasteiger partial charge in [-0.05, 0) is 72.1 Å². The van der Waals surface area contributed by atoms with Crippen molar-refractivity contribution in [2.45, 2.75) is 71.0 Å². The van der Waals surface area contributed by atoms with E-state index in [4.69, 9.17) is 0 Å². The molecule has 2 aliphatic rings. The highest BCUT2D eigenvalue weighted by Gasteiger charge is 2.30. The Kier molecular flexibility index (Phi) is 6.11. The predicted molar refractivity (Wildman–Crippen MR) is 82.6 cm³/mol. The fourth-order valence-electron chi connectivity index (χ4n) is 3.77. The minimum Gasteiger partial charge on any atom is -0.314 e. The maximum Gasteiger partial charge on any atom is 0.0223 e. The van der Waals surface area contributed by atoms with Crippen molar-refractivity contribution in [1.82, 2.24) is 15.1 Å². The lowest BCUT2D eigenvalue weighted by Crippen LogP contribution is -2.43. The molecule has 2 fully saturated rings. The summed E-state index contributed by atoms with van der Waals surface area (Å²) in [6, 6.07) is 2.22. The van der Waals surface area contributed by atoms with Gasteiger partial charge in [-0.3, -0.25) is 9.80 Å². The Balaban J connectivity index is 1.79. The quantitative estimate of drug-likeness (QED) is 0.797. The summed E-state index contributed by atoms with van der Waals surface area (Å²) in [6.45, 7) is 13.5. The van der Waals surface area contributed by atoms with Crippen LogP contribution >= 0.6 is 0 Å². The maximum atomic E-state index is 3.63. The molecule has 0 aromatic rings. The van der Waals surface area contributed by atoms with E-state index in [9.17, 15) is 0 Å². The first-order valence-corrected chi connectivity index (χ1v) is 8.42. The van der Waals surface area contributed by atoms with Crippen molar-refractivity contribution in [2.75, 3.05) is 32.7 Å². The molecule has 0 bridgehead atoms. The molecule has 3 atom stereocenters. The number of hydrogen-bond acceptors (Lipinski definition) is 3. The highest BCUT2D eigenvalue weighted by atomic mass is 15.3. The van der Waals surface area contributed by atoms with Crippen LogP contribution < -0.4 is 5.32 Å². The van der Waals surface area contributed by atoms with Crippen LogP contribution in [0.2, 0.25) is 0 Å². The molecule has 1 N–H and O–H groups in total. The number of rotatable bonds is 6. The molecule has 3 heteroatoms. The largest absolute Gasteiger partial charge is 0.314 e. The van der Waals surface area contributed by atoms with Crippen molar-refractivity contribution in [1.29, 1.82) is 0 Å². The number of fused-ring (bicyclic) bond motifs is 1. The van der Waals surface area contributed by atoms with E-state index < -0.39 is 0 Å². The fourth-order valence-corrected chi connectivity index (χ4v) is 3.77. The standard InChI is InChI=1S/C16H33N3/c1-4-8-17-14(2)12-15(3)19-11-6-10-18-9-5-7-16(18)13-19/h14-17H,4-13H2,1-3H3. The van der Waals surface area contributed by atoms with E-state index in [0.717, 1.165) is 18.6 Å². The third-order valence-electron chi connectivity index (χ3n) is 4.90. The third-order valence-corrected chi connectivity index (χ3v) is 4.90. The summed E-state index contributed by atoms with van der Waals surface area (Å²) < 4.78 is 0. The van der Waals surface area contributed by atoms with E-state index in [0.29, 0.717) is 6.04 Å². The first-order chi connectivity index (χ1) is 9.20. The van der Waals surface area contributed by atoms with Crippen LogP contribution in [0.15, 0.2) is 0 Å². The van der Waals surface area contributed by atoms with Gasteiger partial charge in [0.15, 0.2) is 0 Å². The Bertz CT molecular complexity index is 256. The van der Waals surface area contributed by atoms with Crippen LogP contribution in [-0.4, -0.2) is 60.6 Å². The molecule has 2 heterocycles. The SMILES string of the molecule is CCCNC(C)CC(C)N1CCCN2CCCC2C1. The van der Waals surface area contributed by atoms with Crippen LogP contribution in [0.1, 0.15) is 52.9 Å². The van der Waals surface area contributed by atoms with Gasteiger partial charge in [-0.2, -0.15) is 0 Å². The van der Waals surface area contributed by atoms with Crippen LogP contribution in [0.4, 0.5) is 0 Å². The molecule has 0 aromatic carbocycles. The molecule has 0 saturated carbocycles. The molecule has 0 spiro atoms. The summed E-state index contributed by atoms with van der Waals surface area (Å²) in [4.78, 5) is 5.48. The molecule has 2 aliphatic heterocycles. The van der Waals surface area contributed by atoms with E-state index in [-0.39, 0.29) is 0 Å². The van der Waals surface area contributed by atoms with Crippen molar-refractivity contribution < 1.29 is 0 Å². The van der Waals surface area contributed by atoms with Gasteiger partial charge in [0.05, 0.1) is 0 Å². The Labute approximate surface area is 119 Å². The van der Waals surface area contributed by atoms with Crippen molar-refractivity contribution >= 4 is 0 Å². The summed E-state index contributed by atoms with van der Waals surface area (Å²) in [5.41, 5.74) is 0. The normalized spacial score (nSPS) is 28.9. The van der Waals surface area contributed by atoms with Gasteiger partial charge < -0.3 is 5.32 Å². The van der Waals surface area contributed by atoms with Gasteiger partial charge in [-0.15, -0.1) is 0 Å². The molecule has 3 nitrogen and oxygen atoms in total. The third kappa shape index (κ3) is 4.44. The second kappa shape index (κ2) is 7.61. The Morgan fingerprint density at radius 2 is 1.95 bits per heavy atom. The zero-order valence-electron chi connectivity index (χ0n) is 13.2. The maximum absolute atomic E-state index is 3.63. The van der Waals surface area contributed by atoms with Crippen LogP contribution in [0.5, 0.6) is 0 Å². The van der Waals surface area contributed by atoms with Crippen LogP contribution in [0, 0.1) is 0 Å². The van der Waals surface area contributed by atoms with E-state index in [1.165, 1.54) is 58.3 Å². The Morgan fingerprint density at radius 1 is 1.16 bits per heavy atom. The van der Waals surface area contributed by atoms with Crippen molar-refractivity contribution in [2.24, 2.45) is 0 Å². The van der Waals surface area contributed by atoms with E-state index in [1.54, 1.807) is 0 Å². The van der Waals surface area contributed by atoms with Gasteiger partial charge in [-0.25, -0.2) is 0 Å². The Hall–Kier alpha value is -0.120. The fraction of sp³-hybridized carbons (Fsp3) is 1.00. The van der Waals surface area contributed by atoms with Crippen LogP contribution in [-0.2, 0) is 0 Å². The topological polar surface area (TPSA) is 18.5 Å². The first-order valence-electron chi connectivity index (χ1n) is 8.42. The molecule has 2 saturated heterocycles. The summed E-state index contributed by atoms with van der Waals surface area (Å²) in [5.74, 6) is 0. The van der Waals surface area contributed by atoms with Crippen molar-refractivity contribution in [3.63, 3.8) is 0 Å². The van der Waals surface area contributed by atoms with Gasteiger partial charge in [0.25, 0.3) is 0 Å². The lowest BCUT2D eigenvalue weighted by Gasteiger charge is -2.32. The molecule has 3 unspecified atom stereocenters. The van der Waals surface area contributed by atoms with Gasteiger partial charge in [0.2, 0.25) is 0 Å². The lowest BCUT2D eigenvalue weighted by molar-refractivity contribution is 0.167. The highest BCUT2D eigenvalue weighted by molar-refractivity contribution is 4.87. The molecule has 0 amide bonds. The second-order valence-electron chi connectivity index (χ2n) is 6.62. The summed E-state index contributed by atoms with van der Waals surface area (Å²) in [6.07, 6.45) is 6.72. The molecule has 0 aliphatic carbocycles. The van der Waals surface area contributed by atoms with E-state index >= 15 is 0 Å². The van der Waals surface area contributed by atoms with Gasteiger partial charge in [-0.1, -0.05) is 6.92 Å². The summed E-state index contributed by atoms with van der Waals surface area (Å²) in [7, 11) is 0. The lowest BCUT2D eigenvalue weighted by atomic mass is 10.1. The van der Waals surface area contributed by atoms with Crippen LogP contribution in [0.3, 0.4) is 0 Å². The monoisotopic (exact) mass is 267 g/mol. The average Bonchev–Trinajstić information content (AvgIpc) is 2.73. The zero-order valence-corrected chi connectivity index (χ0v) is 13.2. The molecule has 0 radical (unpaired) electrons. The highest BCUT2D eigenvalue weighted by Crippen LogP contribution is 2.23. The first kappa shape index (κ1) is 15.3. The molecule has 0 aromatic heterocycles. The predicted octanol–water partition coefficient (Wildman–Crippen LogP) is 2.32. The molecule has 112 valence electrons. The molecular formula is C16H33N3. The van der Waals surface area contributed by atoms with Crippen molar-refractivity contribution in [3.8, 4) is 0 Å². The minimum absolute atomic E-state index is 0.651. The van der Waals surface area contributed by atoms with Crippen molar-refractivity contribution in [3.05, 3.63) is 0 Å². The summed E-state index contributed by atoms with van der Waals surface area (Å²) >= 11 is 0. The van der Waals surface area contributed by atoms with E-state index in [1.807, 2.05) is 0 Å². The smallest absolute Gasteiger partial charge is 0.0223 e. The van der Waals surface area contributed by atoms with Gasteiger partial charge in [0, 0.05) is 24.7 Å². The van der Waals surface area contributed by atoms with Gasteiger partial charge in [0.1, 0.15) is 0 Å². The average molecular weight is 267 g/mol. The van der Waals surface area contributed by atoms with Crippen LogP contribution in [0.25, 0.3) is 0 Å². The summed E-state index contributed by atoms with van der Waals surface area (Å²) in [5, 5.41) is 3.63. The molecule has 2 rings (SSSR count). The second-order valence-corrected chi connectivity index (χ2v) is 6.62.